The molecule has 25 heavy (non-hydrogen) atoms. The predicted molar refractivity (Wildman–Crippen MR) is 94.4 cm³/mol. The Kier molecular flexibility index (Phi) is 3.59. The summed E-state index contributed by atoms with van der Waals surface area (Å²) in [5, 5.41) is 4.16. The number of aromatic amines is 1. The first-order chi connectivity index (χ1) is 12.2. The van der Waals surface area contributed by atoms with Gasteiger partial charge in [0.05, 0.1) is 17.6 Å². The zero-order valence-electron chi connectivity index (χ0n) is 14.5. The average molecular weight is 337 g/mol. The molecule has 130 valence electrons. The highest BCUT2D eigenvalue weighted by Crippen LogP contribution is 2.39. The lowest BCUT2D eigenvalue weighted by molar-refractivity contribution is 0.190. The Hall–Kier alpha value is -2.21. The summed E-state index contributed by atoms with van der Waals surface area (Å²) in [6, 6.07) is 6.39. The van der Waals surface area contributed by atoms with Gasteiger partial charge in [-0.25, -0.2) is 4.98 Å². The van der Waals surface area contributed by atoms with Crippen LogP contribution in [0, 0.1) is 6.92 Å². The second kappa shape index (κ2) is 5.95. The van der Waals surface area contributed by atoms with Crippen molar-refractivity contribution in [1.82, 2.24) is 25.0 Å². The fourth-order valence-electron chi connectivity index (χ4n) is 3.79. The molecule has 6 heteroatoms. The number of aryl methyl sites for hydroxylation is 1. The number of piperidine rings is 1. The zero-order valence-corrected chi connectivity index (χ0v) is 14.5. The highest BCUT2D eigenvalue weighted by molar-refractivity contribution is 5.75. The normalized spacial score (nSPS) is 21.9. The van der Waals surface area contributed by atoms with E-state index in [0.717, 1.165) is 48.2 Å². The number of rotatable bonds is 4. The molecule has 0 spiro atoms. The van der Waals surface area contributed by atoms with Crippen LogP contribution in [0.3, 0.4) is 0 Å². The lowest BCUT2D eigenvalue weighted by Gasteiger charge is -2.30. The van der Waals surface area contributed by atoms with Crippen LogP contribution in [0.25, 0.3) is 11.0 Å². The van der Waals surface area contributed by atoms with Gasteiger partial charge in [-0.3, -0.25) is 4.90 Å². The first kappa shape index (κ1) is 15.1. The Balaban J connectivity index is 1.30. The van der Waals surface area contributed by atoms with Crippen molar-refractivity contribution in [3.05, 3.63) is 41.3 Å². The minimum Gasteiger partial charge on any atom is -0.342 e. The molecular formula is C19H23N5O. The Morgan fingerprint density at radius 2 is 2.12 bits per heavy atom. The van der Waals surface area contributed by atoms with Gasteiger partial charge in [0.15, 0.2) is 5.82 Å². The number of imidazole rings is 1. The van der Waals surface area contributed by atoms with Crippen LogP contribution >= 0.6 is 0 Å². The summed E-state index contributed by atoms with van der Waals surface area (Å²) in [6.07, 6.45) is 4.74. The van der Waals surface area contributed by atoms with Crippen molar-refractivity contribution >= 4 is 11.0 Å². The molecule has 1 saturated heterocycles. The van der Waals surface area contributed by atoms with Gasteiger partial charge in [-0.15, -0.1) is 0 Å². The standard InChI is InChI=1S/C19H23N5O/c1-12-4-7-15-16(9-12)21-18(20-15)14-3-2-8-24(10-14)11-17-22-19(25-23-17)13-5-6-13/h4,7,9,13-14H,2-3,5-6,8,10-11H2,1H3,(H,20,21)/t14-/m0/s1. The molecule has 0 unspecified atom stereocenters. The second-order valence-electron chi connectivity index (χ2n) is 7.54. The van der Waals surface area contributed by atoms with Crippen molar-refractivity contribution in [3.8, 4) is 0 Å². The number of nitrogens with one attached hydrogen (secondary N) is 1. The van der Waals surface area contributed by atoms with E-state index in [1.54, 1.807) is 0 Å². The maximum atomic E-state index is 5.39. The fourth-order valence-corrected chi connectivity index (χ4v) is 3.79. The number of aromatic nitrogens is 4. The van der Waals surface area contributed by atoms with Gasteiger partial charge in [0, 0.05) is 18.4 Å². The molecule has 1 atom stereocenters. The molecule has 0 amide bonds. The van der Waals surface area contributed by atoms with Gasteiger partial charge >= 0.3 is 0 Å². The van der Waals surface area contributed by atoms with E-state index >= 15 is 0 Å². The Morgan fingerprint density at radius 3 is 3.00 bits per heavy atom. The molecule has 0 radical (unpaired) electrons. The van der Waals surface area contributed by atoms with E-state index in [1.807, 2.05) is 0 Å². The van der Waals surface area contributed by atoms with E-state index in [4.69, 9.17) is 9.51 Å². The topological polar surface area (TPSA) is 70.8 Å². The van der Waals surface area contributed by atoms with E-state index in [-0.39, 0.29) is 0 Å². The first-order valence-electron chi connectivity index (χ1n) is 9.26. The molecule has 1 aliphatic heterocycles. The molecule has 3 aromatic rings. The lowest BCUT2D eigenvalue weighted by atomic mass is 9.97. The summed E-state index contributed by atoms with van der Waals surface area (Å²) in [4.78, 5) is 15.3. The van der Waals surface area contributed by atoms with Crippen molar-refractivity contribution in [2.24, 2.45) is 0 Å². The Morgan fingerprint density at radius 1 is 1.20 bits per heavy atom. The first-order valence-corrected chi connectivity index (χ1v) is 9.26. The summed E-state index contributed by atoms with van der Waals surface area (Å²) < 4.78 is 5.39. The molecule has 6 nitrogen and oxygen atoms in total. The summed E-state index contributed by atoms with van der Waals surface area (Å²) in [7, 11) is 0. The summed E-state index contributed by atoms with van der Waals surface area (Å²) in [5.41, 5.74) is 3.46. The number of likely N-dealkylation sites (tertiary alicyclic amines) is 1. The number of hydrogen-bond donors (Lipinski definition) is 1. The summed E-state index contributed by atoms with van der Waals surface area (Å²) in [5.74, 6) is 3.72. The summed E-state index contributed by atoms with van der Waals surface area (Å²) >= 11 is 0. The van der Waals surface area contributed by atoms with Gasteiger partial charge in [0.2, 0.25) is 5.89 Å². The molecule has 2 fully saturated rings. The summed E-state index contributed by atoms with van der Waals surface area (Å²) in [6.45, 7) is 4.96. The van der Waals surface area contributed by atoms with Crippen LogP contribution in [0.1, 0.15) is 60.6 Å². The van der Waals surface area contributed by atoms with Crippen LogP contribution in [0.15, 0.2) is 22.7 Å². The smallest absolute Gasteiger partial charge is 0.229 e. The highest BCUT2D eigenvalue weighted by atomic mass is 16.5. The number of benzene rings is 1. The second-order valence-corrected chi connectivity index (χ2v) is 7.54. The quantitative estimate of drug-likeness (QED) is 0.789. The molecule has 1 N–H and O–H groups in total. The number of fused-ring (bicyclic) bond motifs is 1. The number of hydrogen-bond acceptors (Lipinski definition) is 5. The highest BCUT2D eigenvalue weighted by Gasteiger charge is 2.30. The van der Waals surface area contributed by atoms with E-state index in [1.165, 1.54) is 31.2 Å². The van der Waals surface area contributed by atoms with E-state index < -0.39 is 0 Å². The maximum Gasteiger partial charge on any atom is 0.229 e. The fraction of sp³-hybridized carbons (Fsp3) is 0.526. The van der Waals surface area contributed by atoms with Crippen LogP contribution in [-0.4, -0.2) is 38.1 Å². The molecule has 0 bridgehead atoms. The van der Waals surface area contributed by atoms with Gasteiger partial charge in [-0.05, 0) is 56.8 Å². The molecule has 5 rings (SSSR count). The van der Waals surface area contributed by atoms with Crippen LogP contribution in [-0.2, 0) is 6.54 Å². The van der Waals surface area contributed by atoms with Gasteiger partial charge in [0.1, 0.15) is 5.82 Å². The van der Waals surface area contributed by atoms with E-state index in [0.29, 0.717) is 11.8 Å². The van der Waals surface area contributed by atoms with Crippen LogP contribution < -0.4 is 0 Å². The molecule has 1 aliphatic carbocycles. The van der Waals surface area contributed by atoms with E-state index in [2.05, 4.69) is 45.1 Å². The largest absolute Gasteiger partial charge is 0.342 e. The van der Waals surface area contributed by atoms with Crippen LogP contribution in [0.5, 0.6) is 0 Å². The van der Waals surface area contributed by atoms with Gasteiger partial charge in [-0.1, -0.05) is 11.2 Å². The molecule has 1 saturated carbocycles. The van der Waals surface area contributed by atoms with Crippen molar-refractivity contribution in [2.75, 3.05) is 13.1 Å². The average Bonchev–Trinajstić information content (AvgIpc) is 3.21. The molecule has 3 heterocycles. The number of H-pyrrole nitrogens is 1. The zero-order chi connectivity index (χ0) is 16.8. The Bertz CT molecular complexity index is 894. The monoisotopic (exact) mass is 337 g/mol. The Labute approximate surface area is 146 Å². The third-order valence-corrected chi connectivity index (χ3v) is 5.32. The van der Waals surface area contributed by atoms with Crippen molar-refractivity contribution in [1.29, 1.82) is 0 Å². The third kappa shape index (κ3) is 3.06. The third-order valence-electron chi connectivity index (χ3n) is 5.32. The van der Waals surface area contributed by atoms with Gasteiger partial charge in [-0.2, -0.15) is 4.98 Å². The maximum absolute atomic E-state index is 5.39. The van der Waals surface area contributed by atoms with Gasteiger partial charge < -0.3 is 9.51 Å². The van der Waals surface area contributed by atoms with Crippen molar-refractivity contribution in [2.45, 2.75) is 51.0 Å². The minimum absolute atomic E-state index is 0.441. The minimum atomic E-state index is 0.441. The van der Waals surface area contributed by atoms with Gasteiger partial charge in [0.25, 0.3) is 0 Å². The van der Waals surface area contributed by atoms with E-state index in [9.17, 15) is 0 Å². The number of nitrogens with zero attached hydrogens (tertiary/aromatic N) is 4. The molecule has 2 aliphatic rings. The van der Waals surface area contributed by atoms with Crippen molar-refractivity contribution < 1.29 is 4.52 Å². The molecule has 2 aromatic heterocycles. The lowest BCUT2D eigenvalue weighted by Crippen LogP contribution is -2.34. The molecule has 1 aromatic carbocycles. The molecular weight excluding hydrogens is 314 g/mol. The predicted octanol–water partition coefficient (Wildman–Crippen LogP) is 3.51. The van der Waals surface area contributed by atoms with Crippen LogP contribution in [0.2, 0.25) is 0 Å². The van der Waals surface area contributed by atoms with Crippen molar-refractivity contribution in [3.63, 3.8) is 0 Å². The SMILES string of the molecule is Cc1ccc2nc([C@H]3CCCN(Cc4noc(C5CC5)n4)C3)[nH]c2c1. The van der Waals surface area contributed by atoms with Crippen LogP contribution in [0.4, 0.5) is 0 Å².